The zero-order chi connectivity index (χ0) is 15.2. The molecule has 2 aromatic carbocycles. The highest BCUT2D eigenvalue weighted by atomic mass is 16.5. The molecular formula is C18H20O3. The van der Waals surface area contributed by atoms with E-state index in [1.807, 2.05) is 25.1 Å². The number of fused-ring (bicyclic) bond motifs is 1. The van der Waals surface area contributed by atoms with E-state index in [4.69, 9.17) is 9.84 Å². The number of ether oxygens (including phenoxy) is 1. The summed E-state index contributed by atoms with van der Waals surface area (Å²) in [5.41, 5.74) is 3.65. The van der Waals surface area contributed by atoms with Gasteiger partial charge >= 0.3 is 5.97 Å². The van der Waals surface area contributed by atoms with E-state index in [1.54, 1.807) is 19.1 Å². The van der Waals surface area contributed by atoms with Crippen LogP contribution in [0.3, 0.4) is 0 Å². The molecule has 0 atom stereocenters. The predicted molar refractivity (Wildman–Crippen MR) is 83.1 cm³/mol. The zero-order valence-corrected chi connectivity index (χ0v) is 12.4. The maximum absolute atomic E-state index is 10.5. The van der Waals surface area contributed by atoms with Crippen LogP contribution in [0.1, 0.15) is 33.5 Å². The van der Waals surface area contributed by atoms with Gasteiger partial charge in [0.05, 0.1) is 12.2 Å². The molecule has 2 aromatic rings. The topological polar surface area (TPSA) is 46.5 Å². The number of hydrogen-bond donors (Lipinski definition) is 1. The Morgan fingerprint density at radius 2 is 1.90 bits per heavy atom. The second-order valence-electron chi connectivity index (χ2n) is 5.18. The van der Waals surface area contributed by atoms with Crippen molar-refractivity contribution in [1.82, 2.24) is 0 Å². The molecule has 110 valence electrons. The van der Waals surface area contributed by atoms with Crippen molar-refractivity contribution in [3.05, 3.63) is 64.7 Å². The third kappa shape index (κ3) is 4.09. The zero-order valence-electron chi connectivity index (χ0n) is 12.4. The average Bonchev–Trinajstić information content (AvgIpc) is 2.47. The second kappa shape index (κ2) is 6.93. The first-order valence-corrected chi connectivity index (χ1v) is 7.09. The van der Waals surface area contributed by atoms with E-state index in [2.05, 4.69) is 12.1 Å². The molecule has 0 saturated heterocycles. The van der Waals surface area contributed by atoms with Crippen molar-refractivity contribution >= 4 is 5.97 Å². The number of benzene rings is 2. The minimum atomic E-state index is -0.859. The summed E-state index contributed by atoms with van der Waals surface area (Å²) in [6, 6.07) is 13.5. The van der Waals surface area contributed by atoms with E-state index in [1.165, 1.54) is 12.0 Å². The third-order valence-electron chi connectivity index (χ3n) is 3.43. The molecule has 0 unspecified atom stereocenters. The predicted octanol–water partition coefficient (Wildman–Crippen LogP) is 4.01. The lowest BCUT2D eigenvalue weighted by Crippen LogP contribution is -2.07. The Balaban J connectivity index is 0.000000154. The van der Waals surface area contributed by atoms with E-state index in [0.717, 1.165) is 29.9 Å². The third-order valence-corrected chi connectivity index (χ3v) is 3.43. The van der Waals surface area contributed by atoms with Gasteiger partial charge in [0, 0.05) is 0 Å². The summed E-state index contributed by atoms with van der Waals surface area (Å²) < 4.78 is 5.42. The Labute approximate surface area is 125 Å². The molecule has 3 nitrogen and oxygen atoms in total. The van der Waals surface area contributed by atoms with Crippen LogP contribution < -0.4 is 4.74 Å². The van der Waals surface area contributed by atoms with Crippen LogP contribution >= 0.6 is 0 Å². The highest BCUT2D eigenvalue weighted by Crippen LogP contribution is 2.23. The second-order valence-corrected chi connectivity index (χ2v) is 5.18. The van der Waals surface area contributed by atoms with E-state index in [-0.39, 0.29) is 0 Å². The van der Waals surface area contributed by atoms with Crippen molar-refractivity contribution in [1.29, 1.82) is 0 Å². The van der Waals surface area contributed by atoms with E-state index < -0.39 is 5.97 Å². The lowest BCUT2D eigenvalue weighted by Gasteiger charge is -2.15. The molecule has 0 fully saturated rings. The van der Waals surface area contributed by atoms with Crippen molar-refractivity contribution in [2.75, 3.05) is 6.61 Å². The first-order chi connectivity index (χ1) is 10.1. The van der Waals surface area contributed by atoms with Gasteiger partial charge in [-0.1, -0.05) is 35.9 Å². The highest BCUT2D eigenvalue weighted by molar-refractivity contribution is 5.89. The van der Waals surface area contributed by atoms with E-state index >= 15 is 0 Å². The molecule has 3 rings (SSSR count). The standard InChI is InChI=1S/C9H10O2.C9H10O/c1-6-3-4-8(9(10)11)7(2)5-6;1-2-6-9-8(4-1)5-3-7-10-9/h3-5H,1-2H3,(H,10,11);1-2,4,6H,3,5,7H2. The van der Waals surface area contributed by atoms with Crippen LogP contribution in [0.25, 0.3) is 0 Å². The highest BCUT2D eigenvalue weighted by Gasteiger charge is 2.07. The summed E-state index contributed by atoms with van der Waals surface area (Å²) in [5, 5.41) is 8.66. The molecule has 0 aromatic heterocycles. The molecule has 0 aliphatic carbocycles. The number of hydrogen-bond acceptors (Lipinski definition) is 2. The van der Waals surface area contributed by atoms with Crippen LogP contribution in [0, 0.1) is 13.8 Å². The molecule has 0 spiro atoms. The molecule has 1 aliphatic rings. The first-order valence-electron chi connectivity index (χ1n) is 7.09. The number of aryl methyl sites for hydroxylation is 3. The maximum Gasteiger partial charge on any atom is 0.335 e. The van der Waals surface area contributed by atoms with Crippen molar-refractivity contribution in [2.24, 2.45) is 0 Å². The Morgan fingerprint density at radius 3 is 2.57 bits per heavy atom. The Hall–Kier alpha value is -2.29. The van der Waals surface area contributed by atoms with Gasteiger partial charge in [0.2, 0.25) is 0 Å². The molecule has 0 bridgehead atoms. The molecule has 1 aliphatic heterocycles. The van der Waals surface area contributed by atoms with Crippen LogP contribution in [-0.2, 0) is 6.42 Å². The fourth-order valence-electron chi connectivity index (χ4n) is 2.35. The molecule has 1 N–H and O–H groups in total. The number of aromatic carboxylic acids is 1. The van der Waals surface area contributed by atoms with Gasteiger partial charge in [-0.3, -0.25) is 0 Å². The van der Waals surface area contributed by atoms with Crippen molar-refractivity contribution in [2.45, 2.75) is 26.7 Å². The van der Waals surface area contributed by atoms with Gasteiger partial charge < -0.3 is 9.84 Å². The van der Waals surface area contributed by atoms with E-state index in [0.29, 0.717) is 5.56 Å². The summed E-state index contributed by atoms with van der Waals surface area (Å²) in [4.78, 5) is 10.5. The Morgan fingerprint density at radius 1 is 1.14 bits per heavy atom. The molecular weight excluding hydrogens is 264 g/mol. The lowest BCUT2D eigenvalue weighted by molar-refractivity contribution is 0.0696. The largest absolute Gasteiger partial charge is 0.493 e. The Bertz CT molecular complexity index is 607. The van der Waals surface area contributed by atoms with Crippen molar-refractivity contribution < 1.29 is 14.6 Å². The molecule has 21 heavy (non-hydrogen) atoms. The van der Waals surface area contributed by atoms with Gasteiger partial charge in [0.1, 0.15) is 5.75 Å². The minimum absolute atomic E-state index is 0.385. The molecule has 0 saturated carbocycles. The van der Waals surface area contributed by atoms with Gasteiger partial charge in [0.15, 0.2) is 0 Å². The summed E-state index contributed by atoms with van der Waals surface area (Å²) >= 11 is 0. The summed E-state index contributed by atoms with van der Waals surface area (Å²) in [7, 11) is 0. The first kappa shape index (κ1) is 15.1. The fourth-order valence-corrected chi connectivity index (χ4v) is 2.35. The number of para-hydroxylation sites is 1. The minimum Gasteiger partial charge on any atom is -0.493 e. The SMILES string of the molecule is Cc1ccc(C(=O)O)c(C)c1.c1ccc2c(c1)CCCO2. The van der Waals surface area contributed by atoms with Crippen LogP contribution in [0.4, 0.5) is 0 Å². The average molecular weight is 284 g/mol. The van der Waals surface area contributed by atoms with Gasteiger partial charge in [-0.15, -0.1) is 0 Å². The monoisotopic (exact) mass is 284 g/mol. The van der Waals surface area contributed by atoms with Gasteiger partial charge in [-0.25, -0.2) is 4.79 Å². The molecule has 0 radical (unpaired) electrons. The molecule has 1 heterocycles. The van der Waals surface area contributed by atoms with Gasteiger partial charge in [0.25, 0.3) is 0 Å². The number of rotatable bonds is 1. The van der Waals surface area contributed by atoms with Crippen LogP contribution in [0.2, 0.25) is 0 Å². The summed E-state index contributed by atoms with van der Waals surface area (Å²) in [6.07, 6.45) is 2.34. The quantitative estimate of drug-likeness (QED) is 0.860. The van der Waals surface area contributed by atoms with Crippen LogP contribution in [-0.4, -0.2) is 17.7 Å². The normalized spacial score (nSPS) is 12.5. The molecule has 3 heteroatoms. The van der Waals surface area contributed by atoms with Crippen molar-refractivity contribution in [3.63, 3.8) is 0 Å². The fraction of sp³-hybridized carbons (Fsp3) is 0.278. The van der Waals surface area contributed by atoms with Gasteiger partial charge in [-0.05, 0) is 49.9 Å². The number of carboxylic acids is 1. The number of carboxylic acid groups (broad SMARTS) is 1. The van der Waals surface area contributed by atoms with Crippen LogP contribution in [0.5, 0.6) is 5.75 Å². The summed E-state index contributed by atoms with van der Waals surface area (Å²) in [5.74, 6) is 0.219. The number of carbonyl (C=O) groups is 1. The Kier molecular flexibility index (Phi) is 4.99. The summed E-state index contributed by atoms with van der Waals surface area (Å²) in [6.45, 7) is 4.63. The lowest BCUT2D eigenvalue weighted by atomic mass is 10.1. The van der Waals surface area contributed by atoms with Gasteiger partial charge in [-0.2, -0.15) is 0 Å². The van der Waals surface area contributed by atoms with Crippen molar-refractivity contribution in [3.8, 4) is 5.75 Å². The smallest absolute Gasteiger partial charge is 0.335 e. The van der Waals surface area contributed by atoms with E-state index in [9.17, 15) is 4.79 Å². The maximum atomic E-state index is 10.5. The molecule has 0 amide bonds. The van der Waals surface area contributed by atoms with Crippen LogP contribution in [0.15, 0.2) is 42.5 Å².